The van der Waals surface area contributed by atoms with Crippen LogP contribution >= 0.6 is 0 Å². The topological polar surface area (TPSA) is 95.3 Å². The second-order valence-electron chi connectivity index (χ2n) is 7.81. The minimum Gasteiger partial charge on any atom is -0.490 e. The minimum absolute atomic E-state index is 0.319. The number of rotatable bonds is 1. The van der Waals surface area contributed by atoms with Crippen LogP contribution in [0.3, 0.4) is 0 Å². The number of pyridine rings is 1. The molecule has 2 aromatic heterocycles. The predicted molar refractivity (Wildman–Crippen MR) is 126 cm³/mol. The maximum absolute atomic E-state index is 13.1. The molecule has 6 heterocycles. The Morgan fingerprint density at radius 2 is 1.76 bits per heavy atom. The molecule has 4 aliphatic rings. The number of nitrogens with zero attached hydrogens (tertiary/aromatic N) is 3. The van der Waals surface area contributed by atoms with Crippen molar-refractivity contribution < 1.29 is 19.1 Å². The molecular formula is C26H22N4O4. The van der Waals surface area contributed by atoms with Crippen LogP contribution in [-0.2, 0) is 11.2 Å². The zero-order chi connectivity index (χ0) is 23.3. The normalized spacial score (nSPS) is 17.3. The van der Waals surface area contributed by atoms with Crippen LogP contribution in [0.15, 0.2) is 79.1 Å². The first-order chi connectivity index (χ1) is 16.7. The van der Waals surface area contributed by atoms with E-state index in [2.05, 4.69) is 15.4 Å². The van der Waals surface area contributed by atoms with Crippen LogP contribution in [0.4, 0.5) is 0 Å². The quantitative estimate of drug-likeness (QED) is 0.350. The van der Waals surface area contributed by atoms with Crippen LogP contribution in [0.2, 0.25) is 0 Å². The Morgan fingerprint density at radius 1 is 1.00 bits per heavy atom. The molecule has 4 aromatic rings. The van der Waals surface area contributed by atoms with Crippen LogP contribution in [0, 0.1) is 0 Å². The van der Waals surface area contributed by atoms with Gasteiger partial charge in [0, 0.05) is 11.6 Å². The summed E-state index contributed by atoms with van der Waals surface area (Å²) in [4.78, 5) is 29.3. The summed E-state index contributed by atoms with van der Waals surface area (Å²) in [6.45, 7) is 0.812. The van der Waals surface area contributed by atoms with Gasteiger partial charge >= 0.3 is 0 Å². The number of hydrogen-bond donors (Lipinski definition) is 1. The van der Waals surface area contributed by atoms with Gasteiger partial charge in [0.1, 0.15) is 31.0 Å². The molecule has 0 saturated heterocycles. The van der Waals surface area contributed by atoms with Crippen molar-refractivity contribution >= 4 is 23.1 Å². The van der Waals surface area contributed by atoms with Crippen molar-refractivity contribution in [3.63, 3.8) is 0 Å². The standard InChI is InChI=1S/C26H22N4O4/c31-17-20-14-18-5-7-21(8-6-18)33-12-1-2-13-34-22-9-10-24-19(15-22)16-28-30(24)25-23(26(32)29-20)4-3-11-27-25/h1-11,15-17,20H,12-14H2,(H,29,32)/b2-1+/t20-/m0/s1. The van der Waals surface area contributed by atoms with E-state index in [9.17, 15) is 9.59 Å². The number of aromatic nitrogens is 3. The first kappa shape index (κ1) is 21.4. The van der Waals surface area contributed by atoms with Crippen molar-refractivity contribution in [2.24, 2.45) is 0 Å². The number of benzene rings is 2. The van der Waals surface area contributed by atoms with E-state index < -0.39 is 11.9 Å². The molecule has 0 radical (unpaired) electrons. The van der Waals surface area contributed by atoms with E-state index in [1.54, 1.807) is 29.2 Å². The van der Waals surface area contributed by atoms with Crippen molar-refractivity contribution in [2.45, 2.75) is 12.5 Å². The molecule has 1 atom stereocenters. The molecule has 1 amide bonds. The fourth-order valence-electron chi connectivity index (χ4n) is 3.79. The van der Waals surface area contributed by atoms with E-state index in [1.807, 2.05) is 54.6 Å². The van der Waals surface area contributed by atoms with Crippen molar-refractivity contribution in [1.82, 2.24) is 20.1 Å². The van der Waals surface area contributed by atoms with Gasteiger partial charge in [-0.25, -0.2) is 9.67 Å². The number of aldehydes is 1. The molecule has 0 spiro atoms. The summed E-state index contributed by atoms with van der Waals surface area (Å²) in [5.41, 5.74) is 2.00. The summed E-state index contributed by atoms with van der Waals surface area (Å²) in [6, 6.07) is 15.7. The minimum atomic E-state index is -0.696. The van der Waals surface area contributed by atoms with Crippen LogP contribution in [0.5, 0.6) is 11.5 Å². The number of nitrogens with one attached hydrogen (secondary N) is 1. The van der Waals surface area contributed by atoms with Gasteiger partial charge in [-0.1, -0.05) is 12.1 Å². The van der Waals surface area contributed by atoms with E-state index in [-0.39, 0.29) is 0 Å². The summed E-state index contributed by atoms with van der Waals surface area (Å²) in [5, 5.41) is 8.11. The van der Waals surface area contributed by atoms with E-state index in [1.165, 1.54) is 0 Å². The Kier molecular flexibility index (Phi) is 6.03. The lowest BCUT2D eigenvalue weighted by Crippen LogP contribution is -2.38. The number of carbonyl (C=O) groups is 2. The second-order valence-corrected chi connectivity index (χ2v) is 7.81. The molecule has 4 aliphatic heterocycles. The van der Waals surface area contributed by atoms with Gasteiger partial charge in [0.2, 0.25) is 0 Å². The average Bonchev–Trinajstić information content (AvgIpc) is 3.29. The van der Waals surface area contributed by atoms with E-state index in [0.29, 0.717) is 42.5 Å². The average molecular weight is 454 g/mol. The molecule has 0 fully saturated rings. The highest BCUT2D eigenvalue weighted by Gasteiger charge is 2.20. The molecule has 1 N–H and O–H groups in total. The highest BCUT2D eigenvalue weighted by molar-refractivity contribution is 5.99. The van der Waals surface area contributed by atoms with Crippen molar-refractivity contribution in [3.05, 3.63) is 90.3 Å². The second kappa shape index (κ2) is 9.58. The summed E-state index contributed by atoms with van der Waals surface area (Å²) in [5.74, 6) is 1.39. The van der Waals surface area contributed by atoms with Crippen molar-refractivity contribution in [2.75, 3.05) is 13.2 Å². The smallest absolute Gasteiger partial charge is 0.255 e. The Hall–Kier alpha value is -4.46. The summed E-state index contributed by atoms with van der Waals surface area (Å²) in [6.07, 6.45) is 8.20. The van der Waals surface area contributed by atoms with E-state index in [0.717, 1.165) is 22.8 Å². The third-order valence-electron chi connectivity index (χ3n) is 5.49. The molecule has 0 unspecified atom stereocenters. The lowest BCUT2D eigenvalue weighted by Gasteiger charge is -2.15. The molecule has 8 heteroatoms. The summed E-state index contributed by atoms with van der Waals surface area (Å²) >= 11 is 0. The van der Waals surface area contributed by atoms with Gasteiger partial charge in [0.25, 0.3) is 5.91 Å². The van der Waals surface area contributed by atoms with Crippen LogP contribution in [0.1, 0.15) is 15.9 Å². The summed E-state index contributed by atoms with van der Waals surface area (Å²) in [7, 11) is 0. The summed E-state index contributed by atoms with van der Waals surface area (Å²) < 4.78 is 13.2. The number of hydrogen-bond acceptors (Lipinski definition) is 6. The fourth-order valence-corrected chi connectivity index (χ4v) is 3.79. The third kappa shape index (κ3) is 4.52. The molecule has 34 heavy (non-hydrogen) atoms. The first-order valence-corrected chi connectivity index (χ1v) is 10.9. The molecule has 0 aliphatic carbocycles. The highest BCUT2D eigenvalue weighted by atomic mass is 16.5. The lowest BCUT2D eigenvalue weighted by atomic mass is 10.1. The van der Waals surface area contributed by atoms with Gasteiger partial charge in [0.05, 0.1) is 23.3 Å². The van der Waals surface area contributed by atoms with Gasteiger partial charge in [-0.3, -0.25) is 4.79 Å². The monoisotopic (exact) mass is 454 g/mol. The van der Waals surface area contributed by atoms with Gasteiger partial charge in [-0.15, -0.1) is 0 Å². The Morgan fingerprint density at radius 3 is 2.56 bits per heavy atom. The van der Waals surface area contributed by atoms with Crippen LogP contribution < -0.4 is 14.8 Å². The first-order valence-electron chi connectivity index (χ1n) is 10.9. The number of carbonyl (C=O) groups excluding carboxylic acids is 2. The molecule has 8 nitrogen and oxygen atoms in total. The molecule has 2 aromatic carbocycles. The fraction of sp³-hybridized carbons (Fsp3) is 0.154. The Labute approximate surface area is 195 Å². The van der Waals surface area contributed by atoms with Crippen molar-refractivity contribution in [1.29, 1.82) is 0 Å². The zero-order valence-corrected chi connectivity index (χ0v) is 18.3. The van der Waals surface area contributed by atoms with Crippen LogP contribution in [0.25, 0.3) is 16.7 Å². The number of amides is 1. The SMILES string of the molecule is O=C[C@@H]1Cc2ccc(cc2)OC/C=C/COc2ccc3c(cnn3-c3ncccc3C(=O)N1)c2. The maximum atomic E-state index is 13.1. The molecular weight excluding hydrogens is 432 g/mol. The highest BCUT2D eigenvalue weighted by Crippen LogP contribution is 2.24. The molecule has 0 saturated carbocycles. The number of ether oxygens (including phenoxy) is 2. The Bertz CT molecular complexity index is 1360. The largest absolute Gasteiger partial charge is 0.490 e. The zero-order valence-electron chi connectivity index (χ0n) is 18.3. The van der Waals surface area contributed by atoms with Gasteiger partial charge in [0.15, 0.2) is 5.82 Å². The lowest BCUT2D eigenvalue weighted by molar-refractivity contribution is -0.109. The van der Waals surface area contributed by atoms with Gasteiger partial charge in [-0.2, -0.15) is 5.10 Å². The van der Waals surface area contributed by atoms with E-state index >= 15 is 0 Å². The Balaban J connectivity index is 1.53. The molecule has 6 bridgehead atoms. The van der Waals surface area contributed by atoms with E-state index in [4.69, 9.17) is 9.47 Å². The van der Waals surface area contributed by atoms with Gasteiger partial charge < -0.3 is 19.6 Å². The predicted octanol–water partition coefficient (Wildman–Crippen LogP) is 3.29. The molecule has 8 rings (SSSR count). The van der Waals surface area contributed by atoms with Crippen LogP contribution in [-0.4, -0.2) is 46.2 Å². The van der Waals surface area contributed by atoms with Crippen molar-refractivity contribution in [3.8, 4) is 17.3 Å². The third-order valence-corrected chi connectivity index (χ3v) is 5.49. The van der Waals surface area contributed by atoms with Gasteiger partial charge in [-0.05, 0) is 66.6 Å². The maximum Gasteiger partial charge on any atom is 0.255 e. The molecule has 170 valence electrons.